The van der Waals surface area contributed by atoms with Crippen LogP contribution in [0, 0.1) is 0 Å². The van der Waals surface area contributed by atoms with Crippen LogP contribution in [0.5, 0.6) is 0 Å². The Balaban J connectivity index is 2.07. The third-order valence-electron chi connectivity index (χ3n) is 3.11. The number of carbonyl (C=O) groups excluding carboxylic acids is 1. The van der Waals surface area contributed by atoms with Gasteiger partial charge in [-0.2, -0.15) is 0 Å². The van der Waals surface area contributed by atoms with Crippen LogP contribution in [0.3, 0.4) is 0 Å². The summed E-state index contributed by atoms with van der Waals surface area (Å²) >= 11 is 3.36. The molecule has 20 heavy (non-hydrogen) atoms. The molecule has 0 radical (unpaired) electrons. The molecule has 2 heterocycles. The molecule has 1 saturated heterocycles. The van der Waals surface area contributed by atoms with E-state index in [1.807, 2.05) is 20.8 Å². The Morgan fingerprint density at radius 2 is 2.10 bits per heavy atom. The molecule has 1 atom stereocenters. The van der Waals surface area contributed by atoms with Gasteiger partial charge in [0, 0.05) is 29.8 Å². The lowest BCUT2D eigenvalue weighted by Gasteiger charge is -2.24. The molecule has 1 amide bonds. The molecule has 0 saturated carbocycles. The quantitative estimate of drug-likeness (QED) is 0.788. The fourth-order valence-corrected chi connectivity index (χ4v) is 2.58. The summed E-state index contributed by atoms with van der Waals surface area (Å²) < 4.78 is 7.88. The Bertz CT molecular complexity index is 562. The molecule has 110 valence electrons. The predicted octanol–water partition coefficient (Wildman–Crippen LogP) is 2.79. The number of pyridine rings is 1. The van der Waals surface area contributed by atoms with Crippen molar-refractivity contribution in [2.75, 3.05) is 13.1 Å². The summed E-state index contributed by atoms with van der Waals surface area (Å²) in [7, 11) is 0. The van der Waals surface area contributed by atoms with Crippen LogP contribution < -0.4 is 5.56 Å². The van der Waals surface area contributed by atoms with Crippen molar-refractivity contribution in [1.82, 2.24) is 9.47 Å². The Kier molecular flexibility index (Phi) is 4.22. The van der Waals surface area contributed by atoms with Gasteiger partial charge in [-0.05, 0) is 49.2 Å². The second-order valence-electron chi connectivity index (χ2n) is 5.96. The Hall–Kier alpha value is -1.30. The molecule has 5 nitrogen and oxygen atoms in total. The minimum absolute atomic E-state index is 0.00696. The van der Waals surface area contributed by atoms with Gasteiger partial charge in [0.1, 0.15) is 5.60 Å². The fraction of sp³-hybridized carbons (Fsp3) is 0.571. The molecule has 1 fully saturated rings. The molecule has 6 heteroatoms. The number of halogens is 1. The highest BCUT2D eigenvalue weighted by molar-refractivity contribution is 9.10. The highest BCUT2D eigenvalue weighted by Gasteiger charge is 2.30. The van der Waals surface area contributed by atoms with Crippen molar-refractivity contribution in [3.05, 3.63) is 33.2 Å². The second-order valence-corrected chi connectivity index (χ2v) is 6.88. The summed E-state index contributed by atoms with van der Waals surface area (Å²) in [5.41, 5.74) is -0.550. The standard InChI is InChI=1S/C14H19BrN2O3/c1-14(2,3)20-13(19)16-7-6-11(9-16)17-8-10(15)4-5-12(17)18/h4-5,8,11H,6-7,9H2,1-3H3. The highest BCUT2D eigenvalue weighted by atomic mass is 79.9. The van der Waals surface area contributed by atoms with Crippen LogP contribution in [0.1, 0.15) is 33.2 Å². The molecule has 0 N–H and O–H groups in total. The molecule has 1 unspecified atom stereocenters. The lowest BCUT2D eigenvalue weighted by molar-refractivity contribution is 0.0289. The van der Waals surface area contributed by atoms with Crippen LogP contribution in [0.2, 0.25) is 0 Å². The molecule has 1 aromatic rings. The average molecular weight is 343 g/mol. The summed E-state index contributed by atoms with van der Waals surface area (Å²) in [6.45, 7) is 6.65. The Morgan fingerprint density at radius 3 is 2.75 bits per heavy atom. The number of aromatic nitrogens is 1. The van der Waals surface area contributed by atoms with Gasteiger partial charge in [-0.25, -0.2) is 4.79 Å². The van der Waals surface area contributed by atoms with Crippen molar-refractivity contribution in [3.8, 4) is 0 Å². The lowest BCUT2D eigenvalue weighted by Crippen LogP contribution is -2.36. The summed E-state index contributed by atoms with van der Waals surface area (Å²) in [4.78, 5) is 25.5. The van der Waals surface area contributed by atoms with Crippen LogP contribution >= 0.6 is 15.9 Å². The van der Waals surface area contributed by atoms with Crippen molar-refractivity contribution in [1.29, 1.82) is 0 Å². The van der Waals surface area contributed by atoms with Crippen LogP contribution in [0.25, 0.3) is 0 Å². The largest absolute Gasteiger partial charge is 0.444 e. The van der Waals surface area contributed by atoms with E-state index >= 15 is 0 Å². The van der Waals surface area contributed by atoms with Crippen molar-refractivity contribution < 1.29 is 9.53 Å². The number of hydrogen-bond donors (Lipinski definition) is 0. The van der Waals surface area contributed by atoms with Crippen LogP contribution in [-0.4, -0.2) is 34.3 Å². The normalized spacial score (nSPS) is 19.2. The average Bonchev–Trinajstić information content (AvgIpc) is 2.79. The molecule has 1 aliphatic rings. The zero-order chi connectivity index (χ0) is 14.9. The van der Waals surface area contributed by atoms with E-state index in [1.54, 1.807) is 21.7 Å². The first-order chi connectivity index (χ1) is 9.26. The molecule has 0 bridgehead atoms. The van der Waals surface area contributed by atoms with E-state index < -0.39 is 5.60 Å². The number of amides is 1. The number of nitrogens with zero attached hydrogens (tertiary/aromatic N) is 2. The van der Waals surface area contributed by atoms with E-state index in [4.69, 9.17) is 4.74 Å². The number of likely N-dealkylation sites (tertiary alicyclic amines) is 1. The maximum Gasteiger partial charge on any atom is 0.410 e. The first kappa shape index (κ1) is 15.1. The topological polar surface area (TPSA) is 51.5 Å². The minimum Gasteiger partial charge on any atom is -0.444 e. The molecular weight excluding hydrogens is 324 g/mol. The van der Waals surface area contributed by atoms with Crippen LogP contribution in [-0.2, 0) is 4.74 Å². The molecule has 0 spiro atoms. The fourth-order valence-electron chi connectivity index (χ4n) is 2.22. The van der Waals surface area contributed by atoms with Gasteiger partial charge in [0.15, 0.2) is 0 Å². The van der Waals surface area contributed by atoms with E-state index in [0.29, 0.717) is 13.1 Å². The number of rotatable bonds is 1. The van der Waals surface area contributed by atoms with Crippen molar-refractivity contribution in [3.63, 3.8) is 0 Å². The third-order valence-corrected chi connectivity index (χ3v) is 3.58. The molecule has 2 rings (SSSR count). The third kappa shape index (κ3) is 3.62. The van der Waals surface area contributed by atoms with Gasteiger partial charge in [0.05, 0.1) is 6.04 Å². The number of hydrogen-bond acceptors (Lipinski definition) is 3. The van der Waals surface area contributed by atoms with Crippen LogP contribution in [0.15, 0.2) is 27.6 Å². The van der Waals surface area contributed by atoms with Crippen molar-refractivity contribution in [2.45, 2.75) is 38.8 Å². The van der Waals surface area contributed by atoms with E-state index in [2.05, 4.69) is 15.9 Å². The van der Waals surface area contributed by atoms with Gasteiger partial charge >= 0.3 is 6.09 Å². The molecule has 0 aliphatic carbocycles. The van der Waals surface area contributed by atoms with E-state index in [9.17, 15) is 9.59 Å². The minimum atomic E-state index is -0.498. The zero-order valence-electron chi connectivity index (χ0n) is 11.9. The van der Waals surface area contributed by atoms with Crippen molar-refractivity contribution in [2.24, 2.45) is 0 Å². The van der Waals surface area contributed by atoms with Gasteiger partial charge in [-0.15, -0.1) is 0 Å². The summed E-state index contributed by atoms with van der Waals surface area (Å²) in [5, 5.41) is 0. The highest BCUT2D eigenvalue weighted by Crippen LogP contribution is 2.23. The first-order valence-corrected chi connectivity index (χ1v) is 7.41. The van der Waals surface area contributed by atoms with Gasteiger partial charge in [-0.1, -0.05) is 0 Å². The number of ether oxygens (including phenoxy) is 1. The molecule has 0 aromatic carbocycles. The zero-order valence-corrected chi connectivity index (χ0v) is 13.5. The smallest absolute Gasteiger partial charge is 0.410 e. The summed E-state index contributed by atoms with van der Waals surface area (Å²) in [6.07, 6.45) is 2.21. The SMILES string of the molecule is CC(C)(C)OC(=O)N1CCC(n2cc(Br)ccc2=O)C1. The second kappa shape index (κ2) is 5.60. The maximum atomic E-state index is 12.0. The first-order valence-electron chi connectivity index (χ1n) is 6.62. The predicted molar refractivity (Wildman–Crippen MR) is 79.9 cm³/mol. The maximum absolute atomic E-state index is 12.0. The number of carbonyl (C=O) groups is 1. The van der Waals surface area contributed by atoms with Gasteiger partial charge in [-0.3, -0.25) is 4.79 Å². The Labute approximate surface area is 126 Å². The van der Waals surface area contributed by atoms with E-state index in [0.717, 1.165) is 10.9 Å². The van der Waals surface area contributed by atoms with E-state index in [-0.39, 0.29) is 17.7 Å². The molecule has 1 aliphatic heterocycles. The van der Waals surface area contributed by atoms with Crippen molar-refractivity contribution >= 4 is 22.0 Å². The van der Waals surface area contributed by atoms with Gasteiger partial charge in [0.2, 0.25) is 0 Å². The van der Waals surface area contributed by atoms with Crippen LogP contribution in [0.4, 0.5) is 4.79 Å². The van der Waals surface area contributed by atoms with Gasteiger partial charge in [0.25, 0.3) is 5.56 Å². The molecule has 1 aromatic heterocycles. The lowest BCUT2D eigenvalue weighted by atomic mass is 10.2. The monoisotopic (exact) mass is 342 g/mol. The summed E-state index contributed by atoms with van der Waals surface area (Å²) in [6, 6.07) is 3.26. The molecular formula is C14H19BrN2O3. The Morgan fingerprint density at radius 1 is 1.40 bits per heavy atom. The summed E-state index contributed by atoms with van der Waals surface area (Å²) in [5.74, 6) is 0. The van der Waals surface area contributed by atoms with Gasteiger partial charge < -0.3 is 14.2 Å². The van der Waals surface area contributed by atoms with E-state index in [1.165, 1.54) is 6.07 Å².